The van der Waals surface area contributed by atoms with Crippen LogP contribution in [-0.2, 0) is 0 Å². The molecular weight excluding hydrogens is 242 g/mol. The van der Waals surface area contributed by atoms with E-state index < -0.39 is 4.92 Å². The Hall–Kier alpha value is -1.77. The molecule has 0 amide bonds. The third kappa shape index (κ3) is 3.63. The third-order valence-electron chi connectivity index (χ3n) is 2.04. The van der Waals surface area contributed by atoms with Gasteiger partial charge in [-0.25, -0.2) is 0 Å². The lowest BCUT2D eigenvalue weighted by atomic mass is 10.1. The molecule has 17 heavy (non-hydrogen) atoms. The zero-order valence-electron chi connectivity index (χ0n) is 9.29. The highest BCUT2D eigenvalue weighted by Crippen LogP contribution is 2.28. The Balaban J connectivity index is 3.02. The molecule has 5 nitrogen and oxygen atoms in total. The molecular formula is C11H12ClN3O2. The van der Waals surface area contributed by atoms with Crippen molar-refractivity contribution in [1.82, 2.24) is 5.32 Å². The fourth-order valence-corrected chi connectivity index (χ4v) is 1.40. The lowest BCUT2D eigenvalue weighted by Crippen LogP contribution is -2.05. The zero-order chi connectivity index (χ0) is 12.8. The van der Waals surface area contributed by atoms with Crippen molar-refractivity contribution in [3.8, 4) is 11.8 Å². The highest BCUT2D eigenvalue weighted by Gasteiger charge is 2.14. The third-order valence-corrected chi connectivity index (χ3v) is 2.35. The average Bonchev–Trinajstić information content (AvgIpc) is 2.26. The van der Waals surface area contributed by atoms with Crippen LogP contribution in [-0.4, -0.2) is 18.5 Å². The van der Waals surface area contributed by atoms with Gasteiger partial charge in [-0.2, -0.15) is 0 Å². The van der Waals surface area contributed by atoms with Gasteiger partial charge in [0.15, 0.2) is 0 Å². The number of nitrogens with zero attached hydrogens (tertiary/aromatic N) is 1. The van der Waals surface area contributed by atoms with Crippen LogP contribution in [0.1, 0.15) is 12.0 Å². The Kier molecular flexibility index (Phi) is 4.76. The molecule has 0 saturated heterocycles. The second kappa shape index (κ2) is 6.09. The van der Waals surface area contributed by atoms with Crippen LogP contribution in [0.5, 0.6) is 0 Å². The maximum absolute atomic E-state index is 10.7. The highest BCUT2D eigenvalue weighted by molar-refractivity contribution is 6.32. The Morgan fingerprint density at radius 3 is 2.88 bits per heavy atom. The molecule has 0 aromatic heterocycles. The van der Waals surface area contributed by atoms with Crippen molar-refractivity contribution < 1.29 is 4.92 Å². The molecule has 0 radical (unpaired) electrons. The number of anilines is 1. The van der Waals surface area contributed by atoms with E-state index in [-0.39, 0.29) is 11.4 Å². The molecule has 90 valence electrons. The van der Waals surface area contributed by atoms with Gasteiger partial charge in [0.05, 0.1) is 15.5 Å². The molecule has 0 bridgehead atoms. The highest BCUT2D eigenvalue weighted by atomic mass is 35.5. The first-order chi connectivity index (χ1) is 8.06. The van der Waals surface area contributed by atoms with E-state index in [1.165, 1.54) is 12.1 Å². The molecule has 6 heteroatoms. The summed E-state index contributed by atoms with van der Waals surface area (Å²) in [5, 5.41) is 14.0. The van der Waals surface area contributed by atoms with Gasteiger partial charge in [0.25, 0.3) is 5.69 Å². The Morgan fingerprint density at radius 2 is 2.29 bits per heavy atom. The predicted molar refractivity (Wildman–Crippen MR) is 67.9 cm³/mol. The van der Waals surface area contributed by atoms with E-state index >= 15 is 0 Å². The summed E-state index contributed by atoms with van der Waals surface area (Å²) in [5.41, 5.74) is 5.77. The largest absolute Gasteiger partial charge is 0.393 e. The van der Waals surface area contributed by atoms with E-state index in [9.17, 15) is 10.1 Å². The number of nitrogens with two attached hydrogens (primary N) is 1. The number of nitrogens with one attached hydrogen (secondary N) is 1. The summed E-state index contributed by atoms with van der Waals surface area (Å²) in [4.78, 5) is 10.1. The smallest absolute Gasteiger partial charge is 0.293 e. The number of nitro benzene ring substituents is 1. The van der Waals surface area contributed by atoms with Crippen LogP contribution in [0, 0.1) is 22.0 Å². The quantitative estimate of drug-likeness (QED) is 0.283. The van der Waals surface area contributed by atoms with Crippen LogP contribution in [0.25, 0.3) is 0 Å². The summed E-state index contributed by atoms with van der Waals surface area (Å²) >= 11 is 5.90. The molecule has 0 saturated carbocycles. The number of hydrogen-bond acceptors (Lipinski definition) is 4. The van der Waals surface area contributed by atoms with Gasteiger partial charge >= 0.3 is 0 Å². The molecule has 0 fully saturated rings. The Bertz CT molecular complexity index is 491. The second-order valence-corrected chi connectivity index (χ2v) is 3.71. The zero-order valence-corrected chi connectivity index (χ0v) is 10.0. The van der Waals surface area contributed by atoms with Crippen molar-refractivity contribution in [3.63, 3.8) is 0 Å². The van der Waals surface area contributed by atoms with E-state index in [0.717, 1.165) is 6.54 Å². The number of benzene rings is 1. The lowest BCUT2D eigenvalue weighted by molar-refractivity contribution is -0.383. The van der Waals surface area contributed by atoms with Gasteiger partial charge in [-0.05, 0) is 13.1 Å². The van der Waals surface area contributed by atoms with Crippen LogP contribution in [0.4, 0.5) is 11.4 Å². The molecule has 0 atom stereocenters. The first kappa shape index (κ1) is 13.3. The normalized spacial score (nSPS) is 9.53. The van der Waals surface area contributed by atoms with Gasteiger partial charge in [-0.3, -0.25) is 10.1 Å². The molecule has 3 N–H and O–H groups in total. The predicted octanol–water partition coefficient (Wildman–Crippen LogP) is 1.79. The molecule has 0 aliphatic heterocycles. The monoisotopic (exact) mass is 253 g/mol. The van der Waals surface area contributed by atoms with Crippen molar-refractivity contribution in [2.24, 2.45) is 0 Å². The fourth-order valence-electron chi connectivity index (χ4n) is 1.18. The van der Waals surface area contributed by atoms with Gasteiger partial charge in [0.2, 0.25) is 0 Å². The van der Waals surface area contributed by atoms with Gasteiger partial charge < -0.3 is 11.1 Å². The number of nitrogen functional groups attached to an aromatic ring is 1. The van der Waals surface area contributed by atoms with E-state index in [4.69, 9.17) is 17.3 Å². The minimum atomic E-state index is -0.551. The molecule has 1 rings (SSSR count). The SMILES string of the molecule is CNCCC#Cc1cc([N+](=O)[O-])c(N)cc1Cl. The molecule has 0 heterocycles. The summed E-state index contributed by atoms with van der Waals surface area (Å²) in [5.74, 6) is 5.66. The first-order valence-electron chi connectivity index (χ1n) is 4.93. The van der Waals surface area contributed by atoms with E-state index in [2.05, 4.69) is 17.2 Å². The number of nitro groups is 1. The standard InChI is InChI=1S/C11H12ClN3O2/c1-14-5-3-2-4-8-6-11(15(16)17)10(13)7-9(8)12/h6-7,14H,3,5,13H2,1H3. The van der Waals surface area contributed by atoms with Gasteiger partial charge in [-0.1, -0.05) is 23.4 Å². The van der Waals surface area contributed by atoms with Crippen LogP contribution in [0.2, 0.25) is 5.02 Å². The summed E-state index contributed by atoms with van der Waals surface area (Å²) < 4.78 is 0. The Morgan fingerprint density at radius 1 is 1.59 bits per heavy atom. The summed E-state index contributed by atoms with van der Waals surface area (Å²) in [7, 11) is 1.82. The Labute approximate surface area is 104 Å². The van der Waals surface area contributed by atoms with Gasteiger partial charge in [0, 0.05) is 19.0 Å². The maximum atomic E-state index is 10.7. The van der Waals surface area contributed by atoms with E-state index in [1.54, 1.807) is 0 Å². The van der Waals surface area contributed by atoms with Crippen LogP contribution in [0.15, 0.2) is 12.1 Å². The minimum Gasteiger partial charge on any atom is -0.393 e. The van der Waals surface area contributed by atoms with Crippen LogP contribution < -0.4 is 11.1 Å². The molecule has 1 aromatic carbocycles. The van der Waals surface area contributed by atoms with Crippen molar-refractivity contribution in [2.45, 2.75) is 6.42 Å². The molecule has 0 spiro atoms. The van der Waals surface area contributed by atoms with Gasteiger partial charge in [0.1, 0.15) is 5.69 Å². The first-order valence-corrected chi connectivity index (χ1v) is 5.31. The van der Waals surface area contributed by atoms with Crippen molar-refractivity contribution in [3.05, 3.63) is 32.8 Å². The fraction of sp³-hybridized carbons (Fsp3) is 0.273. The van der Waals surface area contributed by atoms with Crippen molar-refractivity contribution >= 4 is 23.0 Å². The minimum absolute atomic E-state index is 0.0424. The summed E-state index contributed by atoms with van der Waals surface area (Å²) in [6.07, 6.45) is 0.644. The maximum Gasteiger partial charge on any atom is 0.293 e. The molecule has 1 aromatic rings. The number of hydrogen-bond donors (Lipinski definition) is 2. The molecule has 0 aliphatic rings. The topological polar surface area (TPSA) is 81.2 Å². The average molecular weight is 254 g/mol. The number of rotatable bonds is 3. The van der Waals surface area contributed by atoms with Crippen molar-refractivity contribution in [2.75, 3.05) is 19.3 Å². The van der Waals surface area contributed by atoms with E-state index in [1.807, 2.05) is 7.05 Å². The summed E-state index contributed by atoms with van der Waals surface area (Å²) in [6, 6.07) is 2.64. The van der Waals surface area contributed by atoms with Crippen LogP contribution in [0.3, 0.4) is 0 Å². The molecule has 0 unspecified atom stereocenters. The molecule has 0 aliphatic carbocycles. The van der Waals surface area contributed by atoms with Crippen LogP contribution >= 0.6 is 11.6 Å². The lowest BCUT2D eigenvalue weighted by Gasteiger charge is -2.00. The second-order valence-electron chi connectivity index (χ2n) is 3.30. The van der Waals surface area contributed by atoms with E-state index in [0.29, 0.717) is 17.0 Å². The van der Waals surface area contributed by atoms with Gasteiger partial charge in [-0.15, -0.1) is 0 Å². The van der Waals surface area contributed by atoms with Crippen molar-refractivity contribution in [1.29, 1.82) is 0 Å². The summed E-state index contributed by atoms with van der Waals surface area (Å²) in [6.45, 7) is 0.752. The number of halogens is 1.